The van der Waals surface area contributed by atoms with Crippen LogP contribution in [0.25, 0.3) is 0 Å². The number of anilines is 1. The average molecular weight is 259 g/mol. The van der Waals surface area contributed by atoms with Gasteiger partial charge >= 0.3 is 0 Å². The first-order chi connectivity index (χ1) is 9.33. The van der Waals surface area contributed by atoms with Crippen molar-refractivity contribution in [1.82, 2.24) is 9.97 Å². The van der Waals surface area contributed by atoms with Crippen molar-refractivity contribution in [3.8, 4) is 0 Å². The van der Waals surface area contributed by atoms with Gasteiger partial charge in [0.2, 0.25) is 0 Å². The molecule has 0 spiro atoms. The zero-order valence-corrected chi connectivity index (χ0v) is 12.0. The van der Waals surface area contributed by atoms with E-state index in [9.17, 15) is 0 Å². The van der Waals surface area contributed by atoms with Crippen molar-refractivity contribution in [1.29, 1.82) is 0 Å². The molecular weight excluding hydrogens is 234 g/mol. The van der Waals surface area contributed by atoms with Crippen molar-refractivity contribution in [2.24, 2.45) is 11.8 Å². The molecule has 0 amide bonds. The molecule has 104 valence electrons. The van der Waals surface area contributed by atoms with E-state index in [1.807, 2.05) is 0 Å². The Morgan fingerprint density at radius 2 is 2.00 bits per heavy atom. The minimum Gasteiger partial charge on any atom is -0.370 e. The molecule has 1 aromatic heterocycles. The number of hydrogen-bond acceptors (Lipinski definition) is 3. The van der Waals surface area contributed by atoms with E-state index >= 15 is 0 Å². The van der Waals surface area contributed by atoms with Crippen molar-refractivity contribution < 1.29 is 0 Å². The Hall–Kier alpha value is -1.12. The van der Waals surface area contributed by atoms with Crippen LogP contribution in [0.2, 0.25) is 0 Å². The molecule has 3 rings (SSSR count). The van der Waals surface area contributed by atoms with Crippen LogP contribution in [0, 0.1) is 11.8 Å². The maximum Gasteiger partial charge on any atom is 0.132 e. The second-order valence-corrected chi connectivity index (χ2v) is 6.34. The number of hydrogen-bond donors (Lipinski definition) is 1. The third kappa shape index (κ3) is 3.07. The first-order valence-electron chi connectivity index (χ1n) is 7.89. The fourth-order valence-electron chi connectivity index (χ4n) is 3.52. The van der Waals surface area contributed by atoms with Crippen LogP contribution in [0.4, 0.5) is 5.82 Å². The lowest BCUT2D eigenvalue weighted by Crippen LogP contribution is -2.16. The molecule has 1 saturated carbocycles. The molecule has 1 fully saturated rings. The lowest BCUT2D eigenvalue weighted by molar-refractivity contribution is 0.282. The minimum absolute atomic E-state index is 0.929. The van der Waals surface area contributed by atoms with Gasteiger partial charge in [-0.25, -0.2) is 9.97 Å². The molecule has 0 unspecified atom stereocenters. The summed E-state index contributed by atoms with van der Waals surface area (Å²) in [5, 5.41) is 3.55. The van der Waals surface area contributed by atoms with Gasteiger partial charge in [-0.2, -0.15) is 0 Å². The van der Waals surface area contributed by atoms with Crippen LogP contribution >= 0.6 is 0 Å². The summed E-state index contributed by atoms with van der Waals surface area (Å²) in [5.41, 5.74) is 2.64. The molecule has 2 aliphatic rings. The second kappa shape index (κ2) is 5.89. The Morgan fingerprint density at radius 3 is 2.84 bits per heavy atom. The maximum atomic E-state index is 4.42. The number of rotatable bonds is 4. The van der Waals surface area contributed by atoms with Crippen molar-refractivity contribution >= 4 is 5.82 Å². The van der Waals surface area contributed by atoms with Gasteiger partial charge in [-0.1, -0.05) is 32.6 Å². The molecule has 2 aliphatic carbocycles. The number of aromatic nitrogens is 2. The van der Waals surface area contributed by atoms with Gasteiger partial charge in [0.05, 0.1) is 0 Å². The molecule has 1 heterocycles. The summed E-state index contributed by atoms with van der Waals surface area (Å²) >= 11 is 0. The minimum atomic E-state index is 0.929. The molecule has 1 aromatic rings. The van der Waals surface area contributed by atoms with Crippen LogP contribution in [0.5, 0.6) is 0 Å². The quantitative estimate of drug-likeness (QED) is 0.898. The number of nitrogens with one attached hydrogen (secondary N) is 1. The van der Waals surface area contributed by atoms with Gasteiger partial charge in [0.15, 0.2) is 0 Å². The fourth-order valence-corrected chi connectivity index (χ4v) is 3.52. The molecule has 0 saturated heterocycles. The SMILES string of the molecule is CC1CCC(CCNc2ncnc3c2CCC3)CC1. The Bertz CT molecular complexity index is 422. The predicted octanol–water partition coefficient (Wildman–Crippen LogP) is 3.59. The van der Waals surface area contributed by atoms with E-state index in [1.54, 1.807) is 6.33 Å². The number of aryl methyl sites for hydroxylation is 1. The van der Waals surface area contributed by atoms with Crippen LogP contribution in [0.1, 0.15) is 56.7 Å². The summed E-state index contributed by atoms with van der Waals surface area (Å²) in [5.74, 6) is 2.99. The number of fused-ring (bicyclic) bond motifs is 1. The van der Waals surface area contributed by atoms with Crippen LogP contribution in [0.15, 0.2) is 6.33 Å². The topological polar surface area (TPSA) is 37.8 Å². The van der Waals surface area contributed by atoms with Gasteiger partial charge in [-0.15, -0.1) is 0 Å². The third-order valence-electron chi connectivity index (χ3n) is 4.86. The van der Waals surface area contributed by atoms with Gasteiger partial charge in [0, 0.05) is 17.8 Å². The van der Waals surface area contributed by atoms with E-state index in [-0.39, 0.29) is 0 Å². The molecule has 19 heavy (non-hydrogen) atoms. The molecule has 0 radical (unpaired) electrons. The molecule has 0 aliphatic heterocycles. The van der Waals surface area contributed by atoms with Crippen molar-refractivity contribution in [3.05, 3.63) is 17.6 Å². The first kappa shape index (κ1) is 12.9. The van der Waals surface area contributed by atoms with Crippen LogP contribution in [-0.4, -0.2) is 16.5 Å². The Kier molecular flexibility index (Phi) is 4.00. The van der Waals surface area contributed by atoms with Gasteiger partial charge < -0.3 is 5.32 Å². The van der Waals surface area contributed by atoms with E-state index in [4.69, 9.17) is 0 Å². The van der Waals surface area contributed by atoms with Crippen LogP contribution in [0.3, 0.4) is 0 Å². The largest absolute Gasteiger partial charge is 0.370 e. The normalized spacial score (nSPS) is 26.2. The smallest absolute Gasteiger partial charge is 0.132 e. The van der Waals surface area contributed by atoms with Gasteiger partial charge in [0.1, 0.15) is 12.1 Å². The Labute approximate surface area is 116 Å². The maximum absolute atomic E-state index is 4.42. The molecule has 0 bridgehead atoms. The highest BCUT2D eigenvalue weighted by molar-refractivity contribution is 5.47. The van der Waals surface area contributed by atoms with Crippen molar-refractivity contribution in [2.75, 3.05) is 11.9 Å². The summed E-state index contributed by atoms with van der Waals surface area (Å²) in [7, 11) is 0. The number of nitrogens with zero attached hydrogens (tertiary/aromatic N) is 2. The lowest BCUT2D eigenvalue weighted by atomic mass is 9.81. The third-order valence-corrected chi connectivity index (χ3v) is 4.86. The Morgan fingerprint density at radius 1 is 1.16 bits per heavy atom. The summed E-state index contributed by atoms with van der Waals surface area (Å²) in [6.45, 7) is 3.46. The van der Waals surface area contributed by atoms with Crippen LogP contribution in [-0.2, 0) is 12.8 Å². The summed E-state index contributed by atoms with van der Waals surface area (Å²) in [6, 6.07) is 0. The van der Waals surface area contributed by atoms with E-state index in [2.05, 4.69) is 22.2 Å². The average Bonchev–Trinajstić information content (AvgIpc) is 2.90. The molecule has 0 atom stereocenters. The van der Waals surface area contributed by atoms with E-state index in [0.717, 1.165) is 37.0 Å². The van der Waals surface area contributed by atoms with Crippen molar-refractivity contribution in [2.45, 2.75) is 58.3 Å². The standard InChI is InChI=1S/C16H25N3/c1-12-5-7-13(8-6-12)9-10-17-16-14-3-2-4-15(14)18-11-19-16/h11-13H,2-10H2,1H3,(H,17,18,19). The summed E-state index contributed by atoms with van der Waals surface area (Å²) in [4.78, 5) is 8.80. The van der Waals surface area contributed by atoms with E-state index in [1.165, 1.54) is 49.8 Å². The highest BCUT2D eigenvalue weighted by atomic mass is 15.0. The van der Waals surface area contributed by atoms with Crippen molar-refractivity contribution in [3.63, 3.8) is 0 Å². The molecule has 3 nitrogen and oxygen atoms in total. The second-order valence-electron chi connectivity index (χ2n) is 6.34. The van der Waals surface area contributed by atoms with Gasteiger partial charge in [-0.05, 0) is 37.5 Å². The summed E-state index contributed by atoms with van der Waals surface area (Å²) < 4.78 is 0. The molecule has 1 N–H and O–H groups in total. The molecular formula is C16H25N3. The van der Waals surface area contributed by atoms with E-state index < -0.39 is 0 Å². The van der Waals surface area contributed by atoms with Gasteiger partial charge in [-0.3, -0.25) is 0 Å². The van der Waals surface area contributed by atoms with Gasteiger partial charge in [0.25, 0.3) is 0 Å². The zero-order valence-electron chi connectivity index (χ0n) is 12.0. The van der Waals surface area contributed by atoms with E-state index in [0.29, 0.717) is 0 Å². The lowest BCUT2D eigenvalue weighted by Gasteiger charge is -2.26. The molecule has 0 aromatic carbocycles. The highest BCUT2D eigenvalue weighted by Crippen LogP contribution is 2.30. The predicted molar refractivity (Wildman–Crippen MR) is 78.3 cm³/mol. The fraction of sp³-hybridized carbons (Fsp3) is 0.750. The monoisotopic (exact) mass is 259 g/mol. The molecule has 3 heteroatoms. The first-order valence-corrected chi connectivity index (χ1v) is 7.89. The Balaban J connectivity index is 1.49. The summed E-state index contributed by atoms with van der Waals surface area (Å²) in [6.07, 6.45) is 12.2. The highest BCUT2D eigenvalue weighted by Gasteiger charge is 2.19. The zero-order chi connectivity index (χ0) is 13.1. The van der Waals surface area contributed by atoms with Crippen LogP contribution < -0.4 is 5.32 Å².